The highest BCUT2D eigenvalue weighted by Crippen LogP contribution is 2.25. The van der Waals surface area contributed by atoms with Crippen LogP contribution in [0.4, 0.5) is 5.69 Å². The maximum atomic E-state index is 12.1. The molecule has 2 aromatic carbocycles. The minimum absolute atomic E-state index is 0.0475. The van der Waals surface area contributed by atoms with Crippen molar-refractivity contribution in [3.05, 3.63) is 52.5 Å². The van der Waals surface area contributed by atoms with Crippen LogP contribution in [0.25, 0.3) is 0 Å². The van der Waals surface area contributed by atoms with Gasteiger partial charge in [-0.2, -0.15) is 0 Å². The number of carbonyl (C=O) groups is 1. The highest BCUT2D eigenvalue weighted by atomic mass is 79.9. The summed E-state index contributed by atoms with van der Waals surface area (Å²) in [6.45, 7) is 0. The number of nitrogens with one attached hydrogen (secondary N) is 2. The van der Waals surface area contributed by atoms with Gasteiger partial charge in [-0.15, -0.1) is 0 Å². The van der Waals surface area contributed by atoms with Crippen LogP contribution < -0.4 is 15.4 Å². The molecule has 5 nitrogen and oxygen atoms in total. The number of phenols is 1. The zero-order chi connectivity index (χ0) is 16.1. The molecule has 0 saturated carbocycles. The van der Waals surface area contributed by atoms with Gasteiger partial charge in [-0.05, 0) is 58.5 Å². The van der Waals surface area contributed by atoms with Crippen molar-refractivity contribution in [2.24, 2.45) is 0 Å². The lowest BCUT2D eigenvalue weighted by Crippen LogP contribution is -2.34. The van der Waals surface area contributed by atoms with Gasteiger partial charge in [0.1, 0.15) is 11.5 Å². The highest BCUT2D eigenvalue weighted by molar-refractivity contribution is 9.10. The SMILES string of the molecule is COc1ccc(C(=O)NC(=S)Nc2ccccc2O)cc1Br. The summed E-state index contributed by atoms with van der Waals surface area (Å²) in [6, 6.07) is 11.5. The molecule has 3 N–H and O–H groups in total. The maximum absolute atomic E-state index is 12.1. The molecule has 114 valence electrons. The van der Waals surface area contributed by atoms with E-state index in [2.05, 4.69) is 26.6 Å². The zero-order valence-corrected chi connectivity index (χ0v) is 14.0. The molecule has 0 bridgehead atoms. The van der Waals surface area contributed by atoms with Crippen molar-refractivity contribution in [3.8, 4) is 11.5 Å². The van der Waals surface area contributed by atoms with Gasteiger partial charge in [0.15, 0.2) is 5.11 Å². The van der Waals surface area contributed by atoms with E-state index in [4.69, 9.17) is 17.0 Å². The summed E-state index contributed by atoms with van der Waals surface area (Å²) < 4.78 is 5.78. The Morgan fingerprint density at radius 2 is 2.00 bits per heavy atom. The summed E-state index contributed by atoms with van der Waals surface area (Å²) >= 11 is 8.38. The standard InChI is InChI=1S/C15H13BrN2O3S/c1-21-13-7-6-9(8-10(13)16)14(20)18-15(22)17-11-4-2-3-5-12(11)19/h2-8,19H,1H3,(H2,17,18,20,22). The van der Waals surface area contributed by atoms with Crippen LogP contribution in [0, 0.1) is 0 Å². The summed E-state index contributed by atoms with van der Waals surface area (Å²) in [5, 5.41) is 15.1. The van der Waals surface area contributed by atoms with Gasteiger partial charge in [0.25, 0.3) is 5.91 Å². The number of rotatable bonds is 3. The molecule has 0 spiro atoms. The number of methoxy groups -OCH3 is 1. The minimum atomic E-state index is -0.365. The lowest BCUT2D eigenvalue weighted by Gasteiger charge is -2.11. The molecule has 0 atom stereocenters. The van der Waals surface area contributed by atoms with Crippen molar-refractivity contribution in [1.29, 1.82) is 0 Å². The number of thiocarbonyl (C=S) groups is 1. The van der Waals surface area contributed by atoms with Gasteiger partial charge in [-0.1, -0.05) is 12.1 Å². The maximum Gasteiger partial charge on any atom is 0.257 e. The van der Waals surface area contributed by atoms with Crippen molar-refractivity contribution in [1.82, 2.24) is 5.32 Å². The molecule has 22 heavy (non-hydrogen) atoms. The first kappa shape index (κ1) is 16.3. The van der Waals surface area contributed by atoms with Crippen LogP contribution in [-0.4, -0.2) is 23.2 Å². The van der Waals surface area contributed by atoms with Gasteiger partial charge in [0.2, 0.25) is 0 Å². The molecule has 0 fully saturated rings. The monoisotopic (exact) mass is 380 g/mol. The molecule has 0 aromatic heterocycles. The van der Waals surface area contributed by atoms with Crippen molar-refractivity contribution in [2.45, 2.75) is 0 Å². The Balaban J connectivity index is 2.04. The lowest BCUT2D eigenvalue weighted by molar-refractivity contribution is 0.0977. The van der Waals surface area contributed by atoms with Crippen LogP contribution in [0.2, 0.25) is 0 Å². The molecule has 2 rings (SSSR count). The Morgan fingerprint density at radius 1 is 1.27 bits per heavy atom. The Kier molecular flexibility index (Phi) is 5.35. The predicted molar refractivity (Wildman–Crippen MR) is 92.5 cm³/mol. The van der Waals surface area contributed by atoms with Crippen molar-refractivity contribution in [3.63, 3.8) is 0 Å². The van der Waals surface area contributed by atoms with E-state index in [1.165, 1.54) is 6.07 Å². The number of benzene rings is 2. The molecule has 0 aliphatic rings. The number of hydrogen-bond donors (Lipinski definition) is 3. The summed E-state index contributed by atoms with van der Waals surface area (Å²) in [6.07, 6.45) is 0. The van der Waals surface area contributed by atoms with Crippen molar-refractivity contribution in [2.75, 3.05) is 12.4 Å². The molecule has 0 heterocycles. The number of ether oxygens (including phenoxy) is 1. The van der Waals surface area contributed by atoms with E-state index in [0.29, 0.717) is 21.5 Å². The fourth-order valence-corrected chi connectivity index (χ4v) is 2.46. The normalized spacial score (nSPS) is 9.91. The first-order valence-electron chi connectivity index (χ1n) is 6.25. The molecule has 7 heteroatoms. The number of phenolic OH excluding ortho intramolecular Hbond substituents is 1. The second-order valence-electron chi connectivity index (χ2n) is 4.27. The molecule has 0 aliphatic carbocycles. The van der Waals surface area contributed by atoms with E-state index in [-0.39, 0.29) is 16.8 Å². The van der Waals surface area contributed by atoms with Gasteiger partial charge in [-0.3, -0.25) is 10.1 Å². The average Bonchev–Trinajstić information content (AvgIpc) is 2.49. The van der Waals surface area contributed by atoms with E-state index in [9.17, 15) is 9.90 Å². The molecule has 0 unspecified atom stereocenters. The molecular formula is C15H13BrN2O3S. The fraction of sp³-hybridized carbons (Fsp3) is 0.0667. The van der Waals surface area contributed by atoms with E-state index in [1.807, 2.05) is 0 Å². The molecule has 0 radical (unpaired) electrons. The van der Waals surface area contributed by atoms with E-state index < -0.39 is 0 Å². The molecule has 2 aromatic rings. The molecule has 0 aliphatic heterocycles. The Morgan fingerprint density at radius 3 is 2.64 bits per heavy atom. The Hall–Kier alpha value is -2.12. The number of carbonyl (C=O) groups excluding carboxylic acids is 1. The molecule has 0 saturated heterocycles. The van der Waals surface area contributed by atoms with Gasteiger partial charge in [0.05, 0.1) is 17.3 Å². The summed E-state index contributed by atoms with van der Waals surface area (Å²) in [4.78, 5) is 12.1. The summed E-state index contributed by atoms with van der Waals surface area (Å²) in [5.74, 6) is 0.314. The van der Waals surface area contributed by atoms with E-state index >= 15 is 0 Å². The zero-order valence-electron chi connectivity index (χ0n) is 11.6. The second kappa shape index (κ2) is 7.24. The number of aromatic hydroxyl groups is 1. The van der Waals surface area contributed by atoms with Gasteiger partial charge in [0, 0.05) is 5.56 Å². The third-order valence-electron chi connectivity index (χ3n) is 2.79. The van der Waals surface area contributed by atoms with Crippen LogP contribution in [0.3, 0.4) is 0 Å². The number of amides is 1. The van der Waals surface area contributed by atoms with Gasteiger partial charge >= 0.3 is 0 Å². The van der Waals surface area contributed by atoms with Gasteiger partial charge < -0.3 is 15.2 Å². The molecular weight excluding hydrogens is 368 g/mol. The van der Waals surface area contributed by atoms with Crippen LogP contribution in [0.1, 0.15) is 10.4 Å². The largest absolute Gasteiger partial charge is 0.506 e. The smallest absolute Gasteiger partial charge is 0.257 e. The van der Waals surface area contributed by atoms with Crippen LogP contribution in [0.15, 0.2) is 46.9 Å². The lowest BCUT2D eigenvalue weighted by atomic mass is 10.2. The van der Waals surface area contributed by atoms with Crippen LogP contribution >= 0.6 is 28.1 Å². The highest BCUT2D eigenvalue weighted by Gasteiger charge is 2.11. The third-order valence-corrected chi connectivity index (χ3v) is 3.62. The van der Waals surface area contributed by atoms with E-state index in [0.717, 1.165) is 0 Å². The summed E-state index contributed by atoms with van der Waals surface area (Å²) in [5.41, 5.74) is 0.845. The van der Waals surface area contributed by atoms with E-state index in [1.54, 1.807) is 43.5 Å². The first-order chi connectivity index (χ1) is 10.5. The number of hydrogen-bond acceptors (Lipinski definition) is 4. The Labute approximate surface area is 141 Å². The van der Waals surface area contributed by atoms with Crippen LogP contribution in [-0.2, 0) is 0 Å². The Bertz CT molecular complexity index is 722. The number of halogens is 1. The topological polar surface area (TPSA) is 70.6 Å². The minimum Gasteiger partial charge on any atom is -0.506 e. The molecule has 1 amide bonds. The quantitative estimate of drug-likeness (QED) is 0.562. The predicted octanol–water partition coefficient (Wildman–Crippen LogP) is 3.29. The first-order valence-corrected chi connectivity index (χ1v) is 7.45. The van der Waals surface area contributed by atoms with Gasteiger partial charge in [-0.25, -0.2) is 0 Å². The second-order valence-corrected chi connectivity index (χ2v) is 5.54. The van der Waals surface area contributed by atoms with Crippen molar-refractivity contribution >= 4 is 44.9 Å². The third kappa shape index (κ3) is 3.96. The number of para-hydroxylation sites is 2. The summed E-state index contributed by atoms with van der Waals surface area (Å²) in [7, 11) is 1.55. The van der Waals surface area contributed by atoms with Crippen LogP contribution in [0.5, 0.6) is 11.5 Å². The van der Waals surface area contributed by atoms with Crippen molar-refractivity contribution < 1.29 is 14.6 Å². The average molecular weight is 381 g/mol. The number of anilines is 1. The fourth-order valence-electron chi connectivity index (χ4n) is 1.72.